The van der Waals surface area contributed by atoms with Crippen molar-refractivity contribution in [2.75, 3.05) is 6.54 Å². The molecule has 1 aliphatic rings. The van der Waals surface area contributed by atoms with Gasteiger partial charge in [-0.1, -0.05) is 40.0 Å². The second kappa shape index (κ2) is 7.25. The molecule has 0 bridgehead atoms. The van der Waals surface area contributed by atoms with Crippen molar-refractivity contribution >= 4 is 17.3 Å². The topological polar surface area (TPSA) is 63.3 Å². The molecule has 1 heterocycles. The van der Waals surface area contributed by atoms with Crippen LogP contribution in [0.25, 0.3) is 0 Å². The molecule has 0 saturated heterocycles. The first kappa shape index (κ1) is 16.3. The van der Waals surface area contributed by atoms with E-state index >= 15 is 0 Å². The lowest BCUT2D eigenvalue weighted by molar-refractivity contribution is 0.412. The van der Waals surface area contributed by atoms with E-state index in [9.17, 15) is 0 Å². The predicted octanol–water partition coefficient (Wildman–Crippen LogP) is 3.22. The number of rotatable bonds is 4. The van der Waals surface area contributed by atoms with Crippen molar-refractivity contribution in [3.8, 4) is 0 Å². The summed E-state index contributed by atoms with van der Waals surface area (Å²) >= 11 is 1.74. The molecule has 5 heteroatoms. The van der Waals surface area contributed by atoms with E-state index in [1.807, 2.05) is 0 Å². The van der Waals surface area contributed by atoms with Crippen molar-refractivity contribution in [3.05, 3.63) is 16.1 Å². The quantitative estimate of drug-likeness (QED) is 0.663. The zero-order valence-corrected chi connectivity index (χ0v) is 14.3. The second-order valence-electron chi connectivity index (χ2n) is 6.89. The average Bonchev–Trinajstić information content (AvgIpc) is 2.88. The maximum absolute atomic E-state index is 5.96. The van der Waals surface area contributed by atoms with Crippen LogP contribution in [0, 0.1) is 0 Å². The zero-order chi connectivity index (χ0) is 15.3. The Hall–Kier alpha value is -1.10. The van der Waals surface area contributed by atoms with Crippen LogP contribution in [-0.4, -0.2) is 23.5 Å². The third-order valence-corrected chi connectivity index (χ3v) is 5.12. The van der Waals surface area contributed by atoms with Crippen LogP contribution in [0.3, 0.4) is 0 Å². The molecule has 1 aliphatic carbocycles. The summed E-state index contributed by atoms with van der Waals surface area (Å²) in [7, 11) is 0. The van der Waals surface area contributed by atoms with Gasteiger partial charge in [0.2, 0.25) is 0 Å². The monoisotopic (exact) mass is 308 g/mol. The molecule has 3 N–H and O–H groups in total. The number of hydrogen-bond acceptors (Lipinski definition) is 3. The normalized spacial score (nSPS) is 18.0. The van der Waals surface area contributed by atoms with Gasteiger partial charge in [0.1, 0.15) is 0 Å². The molecule has 1 aromatic rings. The Morgan fingerprint density at radius 3 is 2.71 bits per heavy atom. The van der Waals surface area contributed by atoms with E-state index in [1.54, 1.807) is 11.3 Å². The van der Waals surface area contributed by atoms with Gasteiger partial charge < -0.3 is 11.1 Å². The van der Waals surface area contributed by atoms with E-state index in [0.717, 1.165) is 12.1 Å². The van der Waals surface area contributed by atoms with Gasteiger partial charge in [-0.15, -0.1) is 11.3 Å². The minimum atomic E-state index is 0.133. The molecule has 2 rings (SSSR count). The van der Waals surface area contributed by atoms with Gasteiger partial charge in [0.15, 0.2) is 5.96 Å². The van der Waals surface area contributed by atoms with E-state index in [0.29, 0.717) is 18.5 Å². The van der Waals surface area contributed by atoms with Crippen molar-refractivity contribution in [2.45, 2.75) is 70.8 Å². The summed E-state index contributed by atoms with van der Waals surface area (Å²) in [6.45, 7) is 7.29. The van der Waals surface area contributed by atoms with Crippen LogP contribution < -0.4 is 11.1 Å². The maximum atomic E-state index is 5.96. The highest BCUT2D eigenvalue weighted by Gasteiger charge is 2.17. The first-order valence-corrected chi connectivity index (χ1v) is 8.84. The number of hydrogen-bond donors (Lipinski definition) is 2. The lowest BCUT2D eigenvalue weighted by Gasteiger charge is -2.23. The van der Waals surface area contributed by atoms with Crippen LogP contribution in [0.15, 0.2) is 10.4 Å². The second-order valence-corrected chi connectivity index (χ2v) is 7.75. The third-order valence-electron chi connectivity index (χ3n) is 3.80. The van der Waals surface area contributed by atoms with Crippen molar-refractivity contribution in [2.24, 2.45) is 10.7 Å². The third kappa shape index (κ3) is 5.30. The van der Waals surface area contributed by atoms with Crippen LogP contribution in [0.2, 0.25) is 0 Å². The summed E-state index contributed by atoms with van der Waals surface area (Å²) in [5.74, 6) is 0.591. The van der Waals surface area contributed by atoms with Gasteiger partial charge in [0.05, 0.1) is 10.7 Å². The number of nitrogens with one attached hydrogen (secondary N) is 1. The van der Waals surface area contributed by atoms with Crippen LogP contribution >= 0.6 is 11.3 Å². The molecule has 0 radical (unpaired) electrons. The van der Waals surface area contributed by atoms with Crippen LogP contribution in [0.4, 0.5) is 0 Å². The highest BCUT2D eigenvalue weighted by atomic mass is 32.1. The Labute approximate surface area is 132 Å². The lowest BCUT2D eigenvalue weighted by atomic mass is 9.96. The number of guanidine groups is 1. The van der Waals surface area contributed by atoms with Crippen molar-refractivity contribution in [1.82, 2.24) is 10.3 Å². The number of aromatic nitrogens is 1. The Morgan fingerprint density at radius 2 is 2.10 bits per heavy atom. The van der Waals surface area contributed by atoms with Gasteiger partial charge in [-0.2, -0.15) is 0 Å². The molecular formula is C16H28N4S. The highest BCUT2D eigenvalue weighted by Crippen LogP contribution is 2.25. The van der Waals surface area contributed by atoms with E-state index < -0.39 is 0 Å². The summed E-state index contributed by atoms with van der Waals surface area (Å²) < 4.78 is 0. The predicted molar refractivity (Wildman–Crippen MR) is 91.0 cm³/mol. The smallest absolute Gasteiger partial charge is 0.188 e. The summed E-state index contributed by atoms with van der Waals surface area (Å²) in [6.07, 6.45) is 7.27. The van der Waals surface area contributed by atoms with E-state index in [-0.39, 0.29) is 5.41 Å². The number of aliphatic imine (C=N–C) groups is 1. The minimum Gasteiger partial charge on any atom is -0.370 e. The van der Waals surface area contributed by atoms with Crippen LogP contribution in [0.1, 0.15) is 63.6 Å². The summed E-state index contributed by atoms with van der Waals surface area (Å²) in [5, 5.41) is 6.67. The summed E-state index contributed by atoms with van der Waals surface area (Å²) in [4.78, 5) is 9.12. The fraction of sp³-hybridized carbons (Fsp3) is 0.750. The molecular weight excluding hydrogens is 280 g/mol. The summed E-state index contributed by atoms with van der Waals surface area (Å²) in [6, 6.07) is 0.522. The van der Waals surface area contributed by atoms with Crippen molar-refractivity contribution < 1.29 is 0 Å². The SMILES string of the molecule is CC(C)(C)c1nc(CCN=C(N)NC2CCCCC2)cs1. The molecule has 1 aromatic heterocycles. The fourth-order valence-electron chi connectivity index (χ4n) is 2.56. The molecule has 0 spiro atoms. The lowest BCUT2D eigenvalue weighted by Crippen LogP contribution is -2.41. The van der Waals surface area contributed by atoms with Crippen LogP contribution in [0.5, 0.6) is 0 Å². The average molecular weight is 308 g/mol. The molecule has 0 aromatic carbocycles. The molecule has 118 valence electrons. The Bertz CT molecular complexity index is 467. The fourth-order valence-corrected chi connectivity index (χ4v) is 3.50. The van der Waals surface area contributed by atoms with E-state index in [4.69, 9.17) is 5.73 Å². The maximum Gasteiger partial charge on any atom is 0.188 e. The molecule has 1 fully saturated rings. The van der Waals surface area contributed by atoms with Gasteiger partial charge in [0.25, 0.3) is 0 Å². The van der Waals surface area contributed by atoms with E-state index in [2.05, 4.69) is 41.4 Å². The van der Waals surface area contributed by atoms with Crippen LogP contribution in [-0.2, 0) is 11.8 Å². The number of thiazole rings is 1. The Morgan fingerprint density at radius 1 is 1.38 bits per heavy atom. The molecule has 0 aliphatic heterocycles. The van der Waals surface area contributed by atoms with Crippen molar-refractivity contribution in [3.63, 3.8) is 0 Å². The Balaban J connectivity index is 1.77. The summed E-state index contributed by atoms with van der Waals surface area (Å²) in [5.41, 5.74) is 7.22. The van der Waals surface area contributed by atoms with Gasteiger partial charge in [0, 0.05) is 29.8 Å². The largest absolute Gasteiger partial charge is 0.370 e. The molecule has 0 amide bonds. The standard InChI is InChI=1S/C16H28N4S/c1-16(2,3)14-19-13(11-21-14)9-10-18-15(17)20-12-7-5-4-6-8-12/h11-12H,4-10H2,1-3H3,(H3,17,18,20). The molecule has 0 unspecified atom stereocenters. The van der Waals surface area contributed by atoms with E-state index in [1.165, 1.54) is 37.1 Å². The van der Waals surface area contributed by atoms with Gasteiger partial charge >= 0.3 is 0 Å². The molecule has 0 atom stereocenters. The van der Waals surface area contributed by atoms with Gasteiger partial charge in [-0.3, -0.25) is 4.99 Å². The first-order chi connectivity index (χ1) is 9.95. The van der Waals surface area contributed by atoms with Gasteiger partial charge in [-0.25, -0.2) is 4.98 Å². The number of nitrogens with two attached hydrogens (primary N) is 1. The minimum absolute atomic E-state index is 0.133. The highest BCUT2D eigenvalue weighted by molar-refractivity contribution is 7.09. The number of nitrogens with zero attached hydrogens (tertiary/aromatic N) is 2. The first-order valence-electron chi connectivity index (χ1n) is 7.96. The molecule has 1 saturated carbocycles. The van der Waals surface area contributed by atoms with Gasteiger partial charge in [-0.05, 0) is 12.8 Å². The molecule has 4 nitrogen and oxygen atoms in total. The Kier molecular flexibility index (Phi) is 5.62. The van der Waals surface area contributed by atoms with Crippen molar-refractivity contribution in [1.29, 1.82) is 0 Å². The molecule has 21 heavy (non-hydrogen) atoms. The zero-order valence-electron chi connectivity index (χ0n) is 13.5.